The van der Waals surface area contributed by atoms with Gasteiger partial charge in [-0.05, 0) is 6.07 Å². The fourth-order valence-electron chi connectivity index (χ4n) is 1.10. The summed E-state index contributed by atoms with van der Waals surface area (Å²) in [6.07, 6.45) is 0. The van der Waals surface area contributed by atoms with E-state index < -0.39 is 0 Å². The topological polar surface area (TPSA) is 50.8 Å². The molecule has 0 saturated carbocycles. The van der Waals surface area contributed by atoms with E-state index in [-0.39, 0.29) is 24.8 Å². The summed E-state index contributed by atoms with van der Waals surface area (Å²) in [6, 6.07) is 3.64. The molecule has 2 aromatic rings. The minimum atomic E-state index is 0. The van der Waals surface area contributed by atoms with Crippen LogP contribution in [0.1, 0.15) is 5.82 Å². The molecule has 0 radical (unpaired) electrons. The summed E-state index contributed by atoms with van der Waals surface area (Å²) in [5, 5.41) is 0. The first-order valence-electron chi connectivity index (χ1n) is 3.79. The van der Waals surface area contributed by atoms with Crippen molar-refractivity contribution in [1.82, 2.24) is 15.0 Å². The maximum absolute atomic E-state index is 5.62. The number of imidazole rings is 1. The van der Waals surface area contributed by atoms with Gasteiger partial charge in [0.25, 0.3) is 0 Å². The van der Waals surface area contributed by atoms with Gasteiger partial charge in [-0.3, -0.25) is 0 Å². The molecule has 0 fully saturated rings. The number of methoxy groups -OCH3 is 1. The lowest BCUT2D eigenvalue weighted by Crippen LogP contribution is -1.86. The second-order valence-corrected chi connectivity index (χ2v) is 2.81. The number of aromatic amines is 1. The van der Waals surface area contributed by atoms with Gasteiger partial charge in [0.1, 0.15) is 5.82 Å². The van der Waals surface area contributed by atoms with Crippen LogP contribution in [0.3, 0.4) is 0 Å². The molecule has 15 heavy (non-hydrogen) atoms. The third-order valence-corrected chi connectivity index (χ3v) is 1.96. The monoisotopic (exact) mass is 269 g/mol. The molecule has 0 atom stereocenters. The van der Waals surface area contributed by atoms with Gasteiger partial charge in [0.15, 0.2) is 5.65 Å². The summed E-state index contributed by atoms with van der Waals surface area (Å²) in [5.41, 5.74) is 1.51. The average molecular weight is 271 g/mol. The van der Waals surface area contributed by atoms with E-state index in [9.17, 15) is 0 Å². The van der Waals surface area contributed by atoms with Crippen molar-refractivity contribution in [3.63, 3.8) is 0 Å². The molecule has 0 unspecified atom stereocenters. The molecule has 2 heterocycles. The minimum absolute atomic E-state index is 0. The molecule has 1 N–H and O–H groups in total. The molecule has 0 bridgehead atoms. The Kier molecular flexibility index (Phi) is 5.72. The second-order valence-electron chi connectivity index (χ2n) is 2.54. The molecule has 0 aliphatic carbocycles. The van der Waals surface area contributed by atoms with Crippen molar-refractivity contribution < 1.29 is 4.74 Å². The first-order valence-corrected chi connectivity index (χ1v) is 4.32. The Bertz CT molecular complexity index is 430. The van der Waals surface area contributed by atoms with Crippen LogP contribution >= 0.6 is 36.4 Å². The van der Waals surface area contributed by atoms with Gasteiger partial charge < -0.3 is 9.72 Å². The second kappa shape index (κ2) is 6.00. The van der Waals surface area contributed by atoms with E-state index in [2.05, 4.69) is 15.0 Å². The molecular formula is C8H10Cl3N3O. The SMILES string of the molecule is COc1ccc2[nH]c(CCl)nc2n1.Cl.Cl. The smallest absolute Gasteiger partial charge is 0.215 e. The van der Waals surface area contributed by atoms with Gasteiger partial charge in [-0.2, -0.15) is 4.98 Å². The molecule has 7 heteroatoms. The number of nitrogens with zero attached hydrogens (tertiary/aromatic N) is 2. The minimum Gasteiger partial charge on any atom is -0.481 e. The highest BCUT2D eigenvalue weighted by atomic mass is 35.5. The number of ether oxygens (including phenoxy) is 1. The van der Waals surface area contributed by atoms with E-state index in [1.165, 1.54) is 0 Å². The van der Waals surface area contributed by atoms with E-state index in [1.54, 1.807) is 13.2 Å². The molecule has 0 aliphatic rings. The zero-order chi connectivity index (χ0) is 9.26. The molecule has 4 nitrogen and oxygen atoms in total. The molecule has 84 valence electrons. The number of rotatable bonds is 2. The normalized spacial score (nSPS) is 9.20. The Morgan fingerprint density at radius 3 is 2.67 bits per heavy atom. The zero-order valence-electron chi connectivity index (χ0n) is 7.86. The van der Waals surface area contributed by atoms with Crippen molar-refractivity contribution >= 4 is 47.6 Å². The highest BCUT2D eigenvalue weighted by molar-refractivity contribution is 6.16. The van der Waals surface area contributed by atoms with E-state index in [1.807, 2.05) is 6.07 Å². The summed E-state index contributed by atoms with van der Waals surface area (Å²) in [7, 11) is 1.57. The van der Waals surface area contributed by atoms with Gasteiger partial charge in [0, 0.05) is 6.07 Å². The van der Waals surface area contributed by atoms with Crippen LogP contribution in [-0.2, 0) is 5.88 Å². The number of H-pyrrole nitrogens is 1. The van der Waals surface area contributed by atoms with Crippen molar-refractivity contribution in [1.29, 1.82) is 0 Å². The third-order valence-electron chi connectivity index (χ3n) is 1.71. The predicted molar refractivity (Wildman–Crippen MR) is 64.5 cm³/mol. The molecule has 2 aromatic heterocycles. The van der Waals surface area contributed by atoms with Crippen LogP contribution < -0.4 is 4.74 Å². The van der Waals surface area contributed by atoms with Crippen LogP contribution in [0.15, 0.2) is 12.1 Å². The fraction of sp³-hybridized carbons (Fsp3) is 0.250. The average Bonchev–Trinajstić information content (AvgIpc) is 2.58. The standard InChI is InChI=1S/C8H8ClN3O.2ClH/c1-13-7-3-2-5-8(12-7)11-6(4-9)10-5;;/h2-3H,4H2,1H3,(H,10,11,12);2*1H. The predicted octanol–water partition coefficient (Wildman–Crippen LogP) is 2.55. The Morgan fingerprint density at radius 2 is 2.07 bits per heavy atom. The molecule has 0 amide bonds. The lowest BCUT2D eigenvalue weighted by atomic mass is 10.4. The summed E-state index contributed by atoms with van der Waals surface area (Å²) in [6.45, 7) is 0. The van der Waals surface area contributed by atoms with Crippen molar-refractivity contribution in [2.24, 2.45) is 0 Å². The van der Waals surface area contributed by atoms with E-state index >= 15 is 0 Å². The summed E-state index contributed by atoms with van der Waals surface area (Å²) < 4.78 is 4.97. The molecule has 0 aliphatic heterocycles. The number of pyridine rings is 1. The largest absolute Gasteiger partial charge is 0.481 e. The van der Waals surface area contributed by atoms with Crippen molar-refractivity contribution in [2.45, 2.75) is 5.88 Å². The summed E-state index contributed by atoms with van der Waals surface area (Å²) in [5.74, 6) is 1.64. The van der Waals surface area contributed by atoms with Crippen LogP contribution in [0.25, 0.3) is 11.2 Å². The number of alkyl halides is 1. The van der Waals surface area contributed by atoms with Gasteiger partial charge >= 0.3 is 0 Å². The fourth-order valence-corrected chi connectivity index (χ4v) is 1.23. The van der Waals surface area contributed by atoms with Gasteiger partial charge in [0.2, 0.25) is 5.88 Å². The summed E-state index contributed by atoms with van der Waals surface area (Å²) >= 11 is 5.62. The van der Waals surface area contributed by atoms with Crippen molar-refractivity contribution in [2.75, 3.05) is 7.11 Å². The lowest BCUT2D eigenvalue weighted by molar-refractivity contribution is 0.399. The van der Waals surface area contributed by atoms with Crippen LogP contribution in [0.4, 0.5) is 0 Å². The molecular weight excluding hydrogens is 260 g/mol. The number of aromatic nitrogens is 3. The number of fused-ring (bicyclic) bond motifs is 1. The Balaban J connectivity index is 0.000000980. The number of hydrogen-bond acceptors (Lipinski definition) is 3. The van der Waals surface area contributed by atoms with Gasteiger partial charge in [-0.25, -0.2) is 4.98 Å². The van der Waals surface area contributed by atoms with Crippen LogP contribution in [-0.4, -0.2) is 22.1 Å². The molecule has 0 saturated heterocycles. The molecule has 2 rings (SSSR count). The van der Waals surface area contributed by atoms with E-state index in [0.717, 1.165) is 11.3 Å². The molecule has 0 aromatic carbocycles. The highest BCUT2D eigenvalue weighted by Gasteiger charge is 2.03. The first-order chi connectivity index (χ1) is 6.33. The van der Waals surface area contributed by atoms with E-state index in [0.29, 0.717) is 17.4 Å². The Labute approximate surface area is 104 Å². The number of halogens is 3. The number of nitrogens with one attached hydrogen (secondary N) is 1. The third kappa shape index (κ3) is 2.87. The van der Waals surface area contributed by atoms with Crippen molar-refractivity contribution in [3.05, 3.63) is 18.0 Å². The van der Waals surface area contributed by atoms with Crippen molar-refractivity contribution in [3.8, 4) is 5.88 Å². The maximum atomic E-state index is 5.62. The lowest BCUT2D eigenvalue weighted by Gasteiger charge is -1.95. The highest BCUT2D eigenvalue weighted by Crippen LogP contribution is 2.14. The Morgan fingerprint density at radius 1 is 1.33 bits per heavy atom. The first kappa shape index (κ1) is 14.3. The van der Waals surface area contributed by atoms with Gasteiger partial charge in [-0.1, -0.05) is 0 Å². The van der Waals surface area contributed by atoms with Crippen LogP contribution in [0, 0.1) is 0 Å². The molecule has 0 spiro atoms. The quantitative estimate of drug-likeness (QED) is 0.853. The van der Waals surface area contributed by atoms with Crippen LogP contribution in [0.2, 0.25) is 0 Å². The summed E-state index contributed by atoms with van der Waals surface area (Å²) in [4.78, 5) is 11.3. The Hall–Kier alpha value is -0.710. The number of hydrogen-bond donors (Lipinski definition) is 1. The zero-order valence-corrected chi connectivity index (χ0v) is 10.2. The van der Waals surface area contributed by atoms with Gasteiger partial charge in [-0.15, -0.1) is 36.4 Å². The maximum Gasteiger partial charge on any atom is 0.215 e. The van der Waals surface area contributed by atoms with Crippen LogP contribution in [0.5, 0.6) is 5.88 Å². The van der Waals surface area contributed by atoms with E-state index in [4.69, 9.17) is 16.3 Å². The van der Waals surface area contributed by atoms with Gasteiger partial charge in [0.05, 0.1) is 18.5 Å².